The van der Waals surface area contributed by atoms with Gasteiger partial charge in [-0.1, -0.05) is 55.5 Å². The Morgan fingerprint density at radius 3 is 2.41 bits per heavy atom. The van der Waals surface area contributed by atoms with Gasteiger partial charge in [-0.2, -0.15) is 0 Å². The lowest BCUT2D eigenvalue weighted by Gasteiger charge is -2.05. The van der Waals surface area contributed by atoms with Crippen LogP contribution in [0.25, 0.3) is 10.9 Å². The van der Waals surface area contributed by atoms with Crippen molar-refractivity contribution in [3.05, 3.63) is 71.9 Å². The summed E-state index contributed by atoms with van der Waals surface area (Å²) in [5.74, 6) is 0.351. The molecule has 2 N–H and O–H groups in total. The average Bonchev–Trinajstić information content (AvgIpc) is 3.10. The van der Waals surface area contributed by atoms with E-state index in [1.807, 2.05) is 55.6 Å². The maximum atomic E-state index is 11.2. The van der Waals surface area contributed by atoms with Gasteiger partial charge in [0, 0.05) is 30.1 Å². The fourth-order valence-electron chi connectivity index (χ4n) is 2.57. The van der Waals surface area contributed by atoms with Gasteiger partial charge in [0.15, 0.2) is 0 Å². The summed E-state index contributed by atoms with van der Waals surface area (Å²) < 4.78 is 4.83. The van der Waals surface area contributed by atoms with Crippen LogP contribution in [0.2, 0.25) is 0 Å². The van der Waals surface area contributed by atoms with E-state index in [1.165, 1.54) is 18.0 Å². The molecule has 1 heterocycles. The molecule has 0 saturated heterocycles. The Kier molecular flexibility index (Phi) is 7.62. The van der Waals surface area contributed by atoms with E-state index >= 15 is 0 Å². The lowest BCUT2D eigenvalue weighted by Crippen LogP contribution is -2.18. The van der Waals surface area contributed by atoms with E-state index in [0.29, 0.717) is 6.61 Å². The summed E-state index contributed by atoms with van der Waals surface area (Å²) in [6.45, 7) is 3.95. The number of Topliss-reactive ketones (excluding diaryl/α,β-unsaturated/α-hetero) is 1. The molecule has 3 aromatic rings. The molecule has 0 radical (unpaired) electrons. The number of fused-ring (bicyclic) bond motifs is 1. The van der Waals surface area contributed by atoms with Gasteiger partial charge in [-0.25, -0.2) is 4.79 Å². The maximum Gasteiger partial charge on any atom is 0.407 e. The van der Waals surface area contributed by atoms with Gasteiger partial charge in [0.25, 0.3) is 0 Å². The van der Waals surface area contributed by atoms with Crippen LogP contribution in [-0.4, -0.2) is 23.9 Å². The number of aromatic amines is 1. The Labute approximate surface area is 159 Å². The number of ketones is 1. The Hall–Kier alpha value is -3.08. The minimum absolute atomic E-state index is 0.101. The molecule has 0 saturated carbocycles. The highest BCUT2D eigenvalue weighted by atomic mass is 16.5. The first-order valence-electron chi connectivity index (χ1n) is 8.95. The SMILES string of the molecule is CC(=O)[C@@H](C)Cc1c[nH]c2ccccc12.CNC(=O)OCc1ccccc1. The van der Waals surface area contributed by atoms with E-state index in [2.05, 4.69) is 22.4 Å². The average molecular weight is 366 g/mol. The third-order valence-corrected chi connectivity index (χ3v) is 4.31. The number of H-pyrrole nitrogens is 1. The van der Waals surface area contributed by atoms with Gasteiger partial charge >= 0.3 is 6.09 Å². The highest BCUT2D eigenvalue weighted by Gasteiger charge is 2.11. The second-order valence-electron chi connectivity index (χ2n) is 6.39. The van der Waals surface area contributed by atoms with Crippen molar-refractivity contribution >= 4 is 22.8 Å². The number of carbonyl (C=O) groups is 2. The molecule has 0 fully saturated rings. The number of nitrogens with one attached hydrogen (secondary N) is 2. The molecule has 142 valence electrons. The van der Waals surface area contributed by atoms with Crippen LogP contribution in [0.4, 0.5) is 4.79 Å². The van der Waals surface area contributed by atoms with Crippen molar-refractivity contribution in [2.75, 3.05) is 7.05 Å². The van der Waals surface area contributed by atoms with Gasteiger partial charge in [-0.05, 0) is 30.5 Å². The minimum atomic E-state index is -0.404. The predicted octanol–water partition coefficient (Wildman–Crippen LogP) is 4.48. The number of para-hydroxylation sites is 1. The number of aromatic nitrogens is 1. The van der Waals surface area contributed by atoms with E-state index in [1.54, 1.807) is 6.92 Å². The van der Waals surface area contributed by atoms with Crippen LogP contribution in [0.3, 0.4) is 0 Å². The second kappa shape index (κ2) is 10.2. The lowest BCUT2D eigenvalue weighted by molar-refractivity contribution is -0.120. The molecule has 0 unspecified atom stereocenters. The maximum absolute atomic E-state index is 11.2. The van der Waals surface area contributed by atoms with E-state index in [4.69, 9.17) is 4.74 Å². The van der Waals surface area contributed by atoms with Crippen molar-refractivity contribution in [1.82, 2.24) is 10.3 Å². The summed E-state index contributed by atoms with van der Waals surface area (Å²) in [5, 5.41) is 3.60. The van der Waals surface area contributed by atoms with Crippen LogP contribution in [-0.2, 0) is 22.6 Å². The first kappa shape index (κ1) is 20.2. The molecule has 5 nitrogen and oxygen atoms in total. The summed E-state index contributed by atoms with van der Waals surface area (Å²) >= 11 is 0. The van der Waals surface area contributed by atoms with Crippen molar-refractivity contribution in [2.45, 2.75) is 26.9 Å². The number of rotatable bonds is 5. The van der Waals surface area contributed by atoms with E-state index in [0.717, 1.165) is 17.5 Å². The zero-order valence-electron chi connectivity index (χ0n) is 16.0. The highest BCUT2D eigenvalue weighted by molar-refractivity contribution is 5.84. The molecular formula is C22H26N2O3. The minimum Gasteiger partial charge on any atom is -0.445 e. The molecule has 1 atom stereocenters. The summed E-state index contributed by atoms with van der Waals surface area (Å²) in [7, 11) is 1.54. The molecular weight excluding hydrogens is 340 g/mol. The van der Waals surface area contributed by atoms with Crippen LogP contribution in [0.5, 0.6) is 0 Å². The van der Waals surface area contributed by atoms with Crippen LogP contribution < -0.4 is 5.32 Å². The summed E-state index contributed by atoms with van der Waals surface area (Å²) in [4.78, 5) is 25.1. The number of hydrogen-bond donors (Lipinski definition) is 2. The van der Waals surface area contributed by atoms with Crippen molar-refractivity contribution in [2.24, 2.45) is 5.92 Å². The van der Waals surface area contributed by atoms with Crippen LogP contribution in [0.1, 0.15) is 25.0 Å². The Balaban J connectivity index is 0.000000199. The molecule has 0 aliphatic heterocycles. The quantitative estimate of drug-likeness (QED) is 0.699. The van der Waals surface area contributed by atoms with Crippen LogP contribution in [0, 0.1) is 5.92 Å². The zero-order chi connectivity index (χ0) is 19.6. The summed E-state index contributed by atoms with van der Waals surface area (Å²) in [6, 6.07) is 17.7. The molecule has 0 spiro atoms. The second-order valence-corrected chi connectivity index (χ2v) is 6.39. The fourth-order valence-corrected chi connectivity index (χ4v) is 2.57. The number of carbonyl (C=O) groups excluding carboxylic acids is 2. The third kappa shape index (κ3) is 6.29. The first-order chi connectivity index (χ1) is 13.0. The van der Waals surface area contributed by atoms with Crippen molar-refractivity contribution < 1.29 is 14.3 Å². The van der Waals surface area contributed by atoms with Crippen molar-refractivity contribution in [3.8, 4) is 0 Å². The van der Waals surface area contributed by atoms with Crippen molar-refractivity contribution in [3.63, 3.8) is 0 Å². The number of ether oxygens (including phenoxy) is 1. The molecule has 2 aromatic carbocycles. The molecule has 3 rings (SSSR count). The molecule has 1 aromatic heterocycles. The topological polar surface area (TPSA) is 71.2 Å². The van der Waals surface area contributed by atoms with Gasteiger partial charge in [-0.3, -0.25) is 4.79 Å². The summed E-state index contributed by atoms with van der Waals surface area (Å²) in [5.41, 5.74) is 3.36. The van der Waals surface area contributed by atoms with Crippen LogP contribution in [0.15, 0.2) is 60.8 Å². The first-order valence-corrected chi connectivity index (χ1v) is 8.95. The smallest absolute Gasteiger partial charge is 0.407 e. The van der Waals surface area contributed by atoms with Gasteiger partial charge in [0.1, 0.15) is 12.4 Å². The highest BCUT2D eigenvalue weighted by Crippen LogP contribution is 2.20. The van der Waals surface area contributed by atoms with E-state index in [-0.39, 0.29) is 11.7 Å². The standard InChI is InChI=1S/C13H15NO.C9H11NO2/c1-9(10(2)15)7-11-8-14-13-6-4-3-5-12(11)13;1-10-9(11)12-7-8-5-3-2-4-6-8/h3-6,8-9,14H,7H2,1-2H3;2-6H,7H2,1H3,(H,10,11)/t9-;/m0./s1. The van der Waals surface area contributed by atoms with Gasteiger partial charge in [0.2, 0.25) is 0 Å². The molecule has 5 heteroatoms. The predicted molar refractivity (Wildman–Crippen MR) is 108 cm³/mol. The summed E-state index contributed by atoms with van der Waals surface area (Å²) in [6.07, 6.45) is 2.42. The monoisotopic (exact) mass is 366 g/mol. The fraction of sp³-hybridized carbons (Fsp3) is 0.273. The number of amides is 1. The van der Waals surface area contributed by atoms with Crippen LogP contribution >= 0.6 is 0 Å². The Morgan fingerprint density at radius 1 is 1.07 bits per heavy atom. The molecule has 1 amide bonds. The van der Waals surface area contributed by atoms with Gasteiger partial charge in [-0.15, -0.1) is 0 Å². The number of hydrogen-bond acceptors (Lipinski definition) is 3. The number of alkyl carbamates (subject to hydrolysis) is 1. The lowest BCUT2D eigenvalue weighted by atomic mass is 9.98. The van der Waals surface area contributed by atoms with Gasteiger partial charge < -0.3 is 15.0 Å². The van der Waals surface area contributed by atoms with Gasteiger partial charge in [0.05, 0.1) is 0 Å². The van der Waals surface area contributed by atoms with E-state index < -0.39 is 6.09 Å². The largest absolute Gasteiger partial charge is 0.445 e. The van der Waals surface area contributed by atoms with Crippen molar-refractivity contribution in [1.29, 1.82) is 0 Å². The third-order valence-electron chi connectivity index (χ3n) is 4.31. The molecule has 0 bridgehead atoms. The molecule has 0 aliphatic carbocycles. The Morgan fingerprint density at radius 2 is 1.74 bits per heavy atom. The van der Waals surface area contributed by atoms with E-state index in [9.17, 15) is 9.59 Å². The molecule has 0 aliphatic rings. The zero-order valence-corrected chi connectivity index (χ0v) is 16.0. The Bertz CT molecular complexity index is 871. The molecule has 27 heavy (non-hydrogen) atoms. The normalized spacial score (nSPS) is 11.2. The number of benzene rings is 2.